The monoisotopic (exact) mass is 324 g/mol. The van der Waals surface area contributed by atoms with E-state index < -0.39 is 6.10 Å². The number of hydrogen-bond donors (Lipinski definition) is 1. The summed E-state index contributed by atoms with van der Waals surface area (Å²) in [6.07, 6.45) is 3.06. The van der Waals surface area contributed by atoms with Crippen LogP contribution in [0.1, 0.15) is 24.2 Å². The highest BCUT2D eigenvalue weighted by molar-refractivity contribution is 9.10. The summed E-state index contributed by atoms with van der Waals surface area (Å²) in [6.45, 7) is 3.71. The minimum Gasteiger partial charge on any atom is -0.389 e. The first-order valence-electron chi connectivity index (χ1n) is 5.50. The molecule has 1 atom stereocenters. The van der Waals surface area contributed by atoms with Crippen molar-refractivity contribution in [3.05, 3.63) is 46.2 Å². The lowest BCUT2D eigenvalue weighted by Crippen LogP contribution is -1.95. The van der Waals surface area contributed by atoms with Crippen LogP contribution in [0.2, 0.25) is 0 Å². The van der Waals surface area contributed by atoms with Crippen molar-refractivity contribution in [2.24, 2.45) is 0 Å². The fraction of sp³-hybridized carbons (Fsp3) is 0.231. The highest BCUT2D eigenvalue weighted by Crippen LogP contribution is 2.33. The number of aliphatic hydroxyl groups is 1. The Morgan fingerprint density at radius 3 is 2.56 bits per heavy atom. The molecule has 3 nitrogen and oxygen atoms in total. The van der Waals surface area contributed by atoms with Gasteiger partial charge in [0.05, 0.1) is 6.10 Å². The molecule has 2 aromatic rings. The molecule has 0 saturated heterocycles. The van der Waals surface area contributed by atoms with E-state index in [0.717, 1.165) is 20.5 Å². The molecule has 0 amide bonds. The minimum absolute atomic E-state index is 0.518. The third-order valence-corrected chi connectivity index (χ3v) is 3.86. The van der Waals surface area contributed by atoms with Crippen molar-refractivity contribution in [1.82, 2.24) is 9.97 Å². The molecule has 18 heavy (non-hydrogen) atoms. The first-order chi connectivity index (χ1) is 8.56. The molecule has 1 N–H and O–H groups in total. The van der Waals surface area contributed by atoms with E-state index in [1.807, 2.05) is 25.1 Å². The zero-order chi connectivity index (χ0) is 13.1. The maximum atomic E-state index is 9.78. The van der Waals surface area contributed by atoms with E-state index in [1.54, 1.807) is 19.3 Å². The number of benzene rings is 1. The summed E-state index contributed by atoms with van der Waals surface area (Å²) in [4.78, 5) is 9.48. The Bertz CT molecular complexity index is 543. The van der Waals surface area contributed by atoms with Crippen LogP contribution in [0.25, 0.3) is 0 Å². The zero-order valence-electron chi connectivity index (χ0n) is 10.1. The van der Waals surface area contributed by atoms with Crippen molar-refractivity contribution >= 4 is 27.7 Å². The average molecular weight is 325 g/mol. The Labute approximate surface area is 119 Å². The van der Waals surface area contributed by atoms with Gasteiger partial charge in [-0.3, -0.25) is 0 Å². The van der Waals surface area contributed by atoms with Crippen LogP contribution in [0.15, 0.2) is 45.1 Å². The van der Waals surface area contributed by atoms with E-state index >= 15 is 0 Å². The summed E-state index contributed by atoms with van der Waals surface area (Å²) >= 11 is 4.86. The maximum absolute atomic E-state index is 9.78. The van der Waals surface area contributed by atoms with Crippen molar-refractivity contribution in [1.29, 1.82) is 0 Å². The Morgan fingerprint density at radius 1 is 1.28 bits per heavy atom. The fourth-order valence-electron chi connectivity index (χ4n) is 1.47. The molecule has 0 aliphatic carbocycles. The largest absolute Gasteiger partial charge is 0.389 e. The molecule has 1 aromatic carbocycles. The SMILES string of the molecule is Cc1cnc(Sc2ccc(Br)cc2C(C)O)nc1. The zero-order valence-corrected chi connectivity index (χ0v) is 12.5. The van der Waals surface area contributed by atoms with Crippen molar-refractivity contribution in [3.63, 3.8) is 0 Å². The van der Waals surface area contributed by atoms with E-state index in [9.17, 15) is 5.11 Å². The third kappa shape index (κ3) is 3.31. The number of aryl methyl sites for hydroxylation is 1. The second-order valence-corrected chi connectivity index (χ2v) is 5.93. The van der Waals surface area contributed by atoms with Gasteiger partial charge in [0.2, 0.25) is 0 Å². The first-order valence-corrected chi connectivity index (χ1v) is 7.11. The number of nitrogens with zero attached hydrogens (tertiary/aromatic N) is 2. The van der Waals surface area contributed by atoms with Crippen LogP contribution in [-0.2, 0) is 0 Å². The summed E-state index contributed by atoms with van der Waals surface area (Å²) in [5, 5.41) is 10.5. The summed E-state index contributed by atoms with van der Waals surface area (Å²) in [5.41, 5.74) is 1.91. The molecule has 0 radical (unpaired) electrons. The Balaban J connectivity index is 2.31. The van der Waals surface area contributed by atoms with Gasteiger partial charge in [0.15, 0.2) is 5.16 Å². The standard InChI is InChI=1S/C13H13BrN2OS/c1-8-6-15-13(16-7-8)18-12-4-3-10(14)5-11(12)9(2)17/h3-7,9,17H,1-2H3. The molecule has 0 aliphatic heterocycles. The predicted molar refractivity (Wildman–Crippen MR) is 75.7 cm³/mol. The van der Waals surface area contributed by atoms with Crippen LogP contribution < -0.4 is 0 Å². The highest BCUT2D eigenvalue weighted by atomic mass is 79.9. The van der Waals surface area contributed by atoms with E-state index in [1.165, 1.54) is 11.8 Å². The van der Waals surface area contributed by atoms with Crippen molar-refractivity contribution in [3.8, 4) is 0 Å². The second-order valence-electron chi connectivity index (χ2n) is 4.00. The molecule has 1 unspecified atom stereocenters. The maximum Gasteiger partial charge on any atom is 0.192 e. The number of halogens is 1. The van der Waals surface area contributed by atoms with Crippen LogP contribution in [-0.4, -0.2) is 15.1 Å². The molecule has 5 heteroatoms. The van der Waals surface area contributed by atoms with E-state index in [-0.39, 0.29) is 0 Å². The Hall–Kier alpha value is -0.910. The van der Waals surface area contributed by atoms with Gasteiger partial charge in [0, 0.05) is 21.8 Å². The summed E-state index contributed by atoms with van der Waals surface area (Å²) < 4.78 is 0.951. The van der Waals surface area contributed by atoms with Crippen LogP contribution in [0, 0.1) is 6.92 Å². The number of aliphatic hydroxyl groups excluding tert-OH is 1. The molecule has 1 heterocycles. The molecule has 0 bridgehead atoms. The van der Waals surface area contributed by atoms with Crippen molar-refractivity contribution in [2.45, 2.75) is 30.0 Å². The minimum atomic E-state index is -0.518. The topological polar surface area (TPSA) is 46.0 Å². The van der Waals surface area contributed by atoms with E-state index in [0.29, 0.717) is 5.16 Å². The normalized spacial score (nSPS) is 12.4. The third-order valence-electron chi connectivity index (χ3n) is 2.38. The van der Waals surface area contributed by atoms with Crippen LogP contribution in [0.5, 0.6) is 0 Å². The van der Waals surface area contributed by atoms with Crippen molar-refractivity contribution in [2.75, 3.05) is 0 Å². The van der Waals surface area contributed by atoms with Gasteiger partial charge in [-0.2, -0.15) is 0 Å². The Morgan fingerprint density at radius 2 is 1.94 bits per heavy atom. The smallest absolute Gasteiger partial charge is 0.192 e. The quantitative estimate of drug-likeness (QED) is 0.873. The lowest BCUT2D eigenvalue weighted by molar-refractivity contribution is 0.196. The molecule has 0 spiro atoms. The molecule has 0 fully saturated rings. The number of rotatable bonds is 3. The van der Waals surface area contributed by atoms with E-state index in [2.05, 4.69) is 25.9 Å². The predicted octanol–water partition coefficient (Wildman–Crippen LogP) is 3.75. The molecule has 0 aliphatic rings. The fourth-order valence-corrected chi connectivity index (χ4v) is 2.74. The van der Waals surface area contributed by atoms with Crippen LogP contribution in [0.3, 0.4) is 0 Å². The van der Waals surface area contributed by atoms with E-state index in [4.69, 9.17) is 0 Å². The lowest BCUT2D eigenvalue weighted by atomic mass is 10.1. The Kier molecular flexibility index (Phi) is 4.37. The second kappa shape index (κ2) is 5.82. The van der Waals surface area contributed by atoms with Crippen molar-refractivity contribution < 1.29 is 5.11 Å². The lowest BCUT2D eigenvalue weighted by Gasteiger charge is -2.11. The molecule has 94 valence electrons. The summed E-state index contributed by atoms with van der Waals surface area (Å²) in [5.74, 6) is 0. The van der Waals surface area contributed by atoms with Crippen LogP contribution >= 0.6 is 27.7 Å². The molecular weight excluding hydrogens is 312 g/mol. The van der Waals surface area contributed by atoms with Gasteiger partial charge < -0.3 is 5.11 Å². The van der Waals surface area contributed by atoms with Gasteiger partial charge in [0.1, 0.15) is 0 Å². The summed E-state index contributed by atoms with van der Waals surface area (Å²) in [6, 6.07) is 5.82. The molecule has 2 rings (SSSR count). The highest BCUT2D eigenvalue weighted by Gasteiger charge is 2.11. The summed E-state index contributed by atoms with van der Waals surface area (Å²) in [7, 11) is 0. The number of aromatic nitrogens is 2. The molecule has 0 saturated carbocycles. The van der Waals surface area contributed by atoms with Gasteiger partial charge in [-0.1, -0.05) is 15.9 Å². The van der Waals surface area contributed by atoms with Gasteiger partial charge in [-0.05, 0) is 54.9 Å². The first kappa shape index (κ1) is 13.5. The van der Waals surface area contributed by atoms with Gasteiger partial charge in [0.25, 0.3) is 0 Å². The number of hydrogen-bond acceptors (Lipinski definition) is 4. The van der Waals surface area contributed by atoms with Crippen LogP contribution in [0.4, 0.5) is 0 Å². The average Bonchev–Trinajstić information content (AvgIpc) is 2.34. The molecule has 1 aromatic heterocycles. The van der Waals surface area contributed by atoms with Gasteiger partial charge in [-0.25, -0.2) is 9.97 Å². The van der Waals surface area contributed by atoms with Gasteiger partial charge >= 0.3 is 0 Å². The van der Waals surface area contributed by atoms with Gasteiger partial charge in [-0.15, -0.1) is 0 Å². The molecular formula is C13H13BrN2OS.